The summed E-state index contributed by atoms with van der Waals surface area (Å²) in [5.41, 5.74) is 7.79. The van der Waals surface area contributed by atoms with Crippen molar-refractivity contribution in [1.29, 1.82) is 0 Å². The highest BCUT2D eigenvalue weighted by atomic mass is 16.5. The predicted molar refractivity (Wildman–Crippen MR) is 58.1 cm³/mol. The van der Waals surface area contributed by atoms with E-state index >= 15 is 0 Å². The van der Waals surface area contributed by atoms with Gasteiger partial charge in [0.2, 0.25) is 0 Å². The lowest BCUT2D eigenvalue weighted by molar-refractivity contribution is 0.264. The lowest BCUT2D eigenvalue weighted by Gasteiger charge is -2.17. The number of methoxy groups -OCH3 is 1. The molecule has 1 unspecified atom stereocenters. The summed E-state index contributed by atoms with van der Waals surface area (Å²) in [6.07, 6.45) is 0. The molecule has 1 aromatic carbocycles. The summed E-state index contributed by atoms with van der Waals surface area (Å²) >= 11 is 0. The topological polar surface area (TPSA) is 75.7 Å². The Bertz CT molecular complexity index is 363. The zero-order valence-corrected chi connectivity index (χ0v) is 9.24. The lowest BCUT2D eigenvalue weighted by atomic mass is 9.99. The Hall–Kier alpha value is -1.26. The number of hydrogen-bond acceptors (Lipinski definition) is 4. The van der Waals surface area contributed by atoms with Crippen LogP contribution in [0.15, 0.2) is 6.07 Å². The molecule has 0 saturated carbocycles. The monoisotopic (exact) mass is 211 g/mol. The third kappa shape index (κ3) is 2.06. The Morgan fingerprint density at radius 2 is 2.00 bits per heavy atom. The molecule has 4 N–H and O–H groups in total. The largest absolute Gasteiger partial charge is 0.507 e. The van der Waals surface area contributed by atoms with Crippen LogP contribution < -0.4 is 10.5 Å². The SMILES string of the molecule is COc1cc(C(N)CO)c(O)c(C)c1C. The molecule has 0 aromatic heterocycles. The van der Waals surface area contributed by atoms with Gasteiger partial charge in [-0.25, -0.2) is 0 Å². The molecule has 0 aliphatic carbocycles. The molecule has 0 amide bonds. The second kappa shape index (κ2) is 4.51. The smallest absolute Gasteiger partial charge is 0.123 e. The first-order valence-corrected chi connectivity index (χ1v) is 4.76. The highest BCUT2D eigenvalue weighted by Gasteiger charge is 2.16. The van der Waals surface area contributed by atoms with E-state index in [0.717, 1.165) is 11.1 Å². The van der Waals surface area contributed by atoms with Crippen molar-refractivity contribution in [2.45, 2.75) is 19.9 Å². The maximum atomic E-state index is 9.85. The van der Waals surface area contributed by atoms with Gasteiger partial charge < -0.3 is 20.7 Å². The van der Waals surface area contributed by atoms with E-state index in [2.05, 4.69) is 0 Å². The van der Waals surface area contributed by atoms with Gasteiger partial charge in [0.05, 0.1) is 19.8 Å². The van der Waals surface area contributed by atoms with E-state index < -0.39 is 6.04 Å². The molecule has 0 bridgehead atoms. The second-order valence-corrected chi connectivity index (χ2v) is 3.56. The summed E-state index contributed by atoms with van der Waals surface area (Å²) in [7, 11) is 1.56. The van der Waals surface area contributed by atoms with Crippen LogP contribution in [0.5, 0.6) is 11.5 Å². The van der Waals surface area contributed by atoms with Crippen LogP contribution in [0.25, 0.3) is 0 Å². The first-order valence-electron chi connectivity index (χ1n) is 4.76. The standard InChI is InChI=1S/C11H17NO3/c1-6-7(2)11(14)8(9(12)5-13)4-10(6)15-3/h4,9,13-14H,5,12H2,1-3H3. The minimum Gasteiger partial charge on any atom is -0.507 e. The zero-order valence-electron chi connectivity index (χ0n) is 9.24. The molecule has 0 fully saturated rings. The highest BCUT2D eigenvalue weighted by Crippen LogP contribution is 2.34. The van der Waals surface area contributed by atoms with Crippen molar-refractivity contribution in [2.24, 2.45) is 5.73 Å². The average molecular weight is 211 g/mol. The maximum Gasteiger partial charge on any atom is 0.123 e. The number of hydrogen-bond donors (Lipinski definition) is 3. The summed E-state index contributed by atoms with van der Waals surface area (Å²) in [4.78, 5) is 0. The van der Waals surface area contributed by atoms with Crippen molar-refractivity contribution in [3.63, 3.8) is 0 Å². The number of phenols is 1. The van der Waals surface area contributed by atoms with Crippen LogP contribution in [0.4, 0.5) is 0 Å². The van der Waals surface area contributed by atoms with Gasteiger partial charge in [-0.3, -0.25) is 0 Å². The first kappa shape index (κ1) is 11.8. The lowest BCUT2D eigenvalue weighted by Crippen LogP contribution is -2.15. The minimum absolute atomic E-state index is 0.134. The fourth-order valence-electron chi connectivity index (χ4n) is 1.49. The number of phenolic OH excluding ortho intramolecular Hbond substituents is 1. The van der Waals surface area contributed by atoms with Gasteiger partial charge in [0.25, 0.3) is 0 Å². The Morgan fingerprint density at radius 1 is 1.40 bits per heavy atom. The Kier molecular flexibility index (Phi) is 3.55. The minimum atomic E-state index is -0.585. The maximum absolute atomic E-state index is 9.85. The summed E-state index contributed by atoms with van der Waals surface area (Å²) in [5, 5.41) is 18.8. The van der Waals surface area contributed by atoms with Gasteiger partial charge in [-0.1, -0.05) is 0 Å². The van der Waals surface area contributed by atoms with Crippen LogP contribution >= 0.6 is 0 Å². The number of rotatable bonds is 3. The van der Waals surface area contributed by atoms with Crippen molar-refractivity contribution in [1.82, 2.24) is 0 Å². The molecular weight excluding hydrogens is 194 g/mol. The molecule has 0 saturated heterocycles. The molecule has 4 nitrogen and oxygen atoms in total. The molecule has 0 radical (unpaired) electrons. The summed E-state index contributed by atoms with van der Waals surface area (Å²) in [6, 6.07) is 1.08. The number of ether oxygens (including phenoxy) is 1. The van der Waals surface area contributed by atoms with E-state index in [9.17, 15) is 5.11 Å². The quantitative estimate of drug-likeness (QED) is 0.697. The van der Waals surface area contributed by atoms with Crippen LogP contribution in [0.3, 0.4) is 0 Å². The van der Waals surface area contributed by atoms with E-state index in [1.165, 1.54) is 0 Å². The highest BCUT2D eigenvalue weighted by molar-refractivity contribution is 5.52. The van der Waals surface area contributed by atoms with Gasteiger partial charge in [0.1, 0.15) is 11.5 Å². The Balaban J connectivity index is 3.35. The van der Waals surface area contributed by atoms with Crippen molar-refractivity contribution in [3.8, 4) is 11.5 Å². The van der Waals surface area contributed by atoms with Gasteiger partial charge in [0.15, 0.2) is 0 Å². The number of aliphatic hydroxyl groups is 1. The van der Waals surface area contributed by atoms with Crippen molar-refractivity contribution < 1.29 is 14.9 Å². The van der Waals surface area contributed by atoms with Crippen LogP contribution in [-0.2, 0) is 0 Å². The van der Waals surface area contributed by atoms with Crippen LogP contribution in [0.1, 0.15) is 22.7 Å². The van der Waals surface area contributed by atoms with Gasteiger partial charge in [-0.05, 0) is 31.0 Å². The van der Waals surface area contributed by atoms with E-state index in [1.807, 2.05) is 6.92 Å². The van der Waals surface area contributed by atoms with Gasteiger partial charge >= 0.3 is 0 Å². The third-order valence-corrected chi connectivity index (χ3v) is 2.66. The molecule has 1 aromatic rings. The second-order valence-electron chi connectivity index (χ2n) is 3.56. The predicted octanol–water partition coefficient (Wildman–Crippen LogP) is 1.01. The molecule has 4 heteroatoms. The fraction of sp³-hybridized carbons (Fsp3) is 0.455. The van der Waals surface area contributed by atoms with Gasteiger partial charge in [0, 0.05) is 5.56 Å². The molecule has 1 atom stereocenters. The van der Waals surface area contributed by atoms with Crippen molar-refractivity contribution in [2.75, 3.05) is 13.7 Å². The Morgan fingerprint density at radius 3 is 2.47 bits per heavy atom. The molecule has 15 heavy (non-hydrogen) atoms. The van der Waals surface area contributed by atoms with Gasteiger partial charge in [-0.2, -0.15) is 0 Å². The average Bonchev–Trinajstić information content (AvgIpc) is 2.25. The van der Waals surface area contributed by atoms with E-state index in [1.54, 1.807) is 20.1 Å². The molecule has 0 aliphatic rings. The first-order chi connectivity index (χ1) is 7.02. The van der Waals surface area contributed by atoms with Crippen LogP contribution in [0, 0.1) is 13.8 Å². The summed E-state index contributed by atoms with van der Waals surface area (Å²) < 4.78 is 5.17. The van der Waals surface area contributed by atoms with Crippen LogP contribution in [0.2, 0.25) is 0 Å². The number of nitrogens with two attached hydrogens (primary N) is 1. The van der Waals surface area contributed by atoms with Gasteiger partial charge in [-0.15, -0.1) is 0 Å². The van der Waals surface area contributed by atoms with E-state index in [4.69, 9.17) is 15.6 Å². The van der Waals surface area contributed by atoms with E-state index in [0.29, 0.717) is 11.3 Å². The zero-order chi connectivity index (χ0) is 11.6. The number of aliphatic hydroxyl groups excluding tert-OH is 1. The molecule has 1 rings (SSSR count). The molecule has 84 valence electrons. The molecule has 0 spiro atoms. The van der Waals surface area contributed by atoms with Crippen molar-refractivity contribution in [3.05, 3.63) is 22.8 Å². The fourth-order valence-corrected chi connectivity index (χ4v) is 1.49. The molecular formula is C11H17NO3. The molecule has 0 heterocycles. The van der Waals surface area contributed by atoms with E-state index in [-0.39, 0.29) is 12.4 Å². The normalized spacial score (nSPS) is 12.6. The summed E-state index contributed by atoms with van der Waals surface area (Å²) in [6.45, 7) is 3.45. The van der Waals surface area contributed by atoms with Crippen molar-refractivity contribution >= 4 is 0 Å². The molecule has 0 aliphatic heterocycles. The Labute approximate surface area is 89.3 Å². The number of aromatic hydroxyl groups is 1. The summed E-state index contributed by atoms with van der Waals surface area (Å²) in [5.74, 6) is 0.805. The number of benzene rings is 1. The van der Waals surface area contributed by atoms with Crippen LogP contribution in [-0.4, -0.2) is 23.9 Å². The third-order valence-electron chi connectivity index (χ3n) is 2.66.